The number of nitrogens with zero attached hydrogens (tertiary/aromatic N) is 1. The van der Waals surface area contributed by atoms with E-state index in [1.165, 1.54) is 18.5 Å². The molecule has 0 spiro atoms. The Morgan fingerprint density at radius 1 is 1.60 bits per heavy atom. The van der Waals surface area contributed by atoms with Gasteiger partial charge in [0.1, 0.15) is 5.75 Å². The Balaban J connectivity index is 2.61. The van der Waals surface area contributed by atoms with Crippen LogP contribution in [0.5, 0.6) is 5.75 Å². The van der Waals surface area contributed by atoms with Crippen molar-refractivity contribution < 1.29 is 9.90 Å². The fraction of sp³-hybridized carbons (Fsp3) is 0.455. The van der Waals surface area contributed by atoms with Crippen LogP contribution in [-0.4, -0.2) is 22.0 Å². The lowest BCUT2D eigenvalue weighted by molar-refractivity contribution is 0.0937. The van der Waals surface area contributed by atoms with Gasteiger partial charge in [0, 0.05) is 12.2 Å². The van der Waals surface area contributed by atoms with Crippen molar-refractivity contribution in [3.05, 3.63) is 24.0 Å². The number of aromatic nitrogens is 1. The van der Waals surface area contributed by atoms with Crippen molar-refractivity contribution in [2.24, 2.45) is 0 Å². The van der Waals surface area contributed by atoms with Gasteiger partial charge in [-0.1, -0.05) is 13.3 Å². The minimum absolute atomic E-state index is 0.00537. The quantitative estimate of drug-likeness (QED) is 0.791. The zero-order chi connectivity index (χ0) is 11.3. The minimum Gasteiger partial charge on any atom is -0.506 e. The summed E-state index contributed by atoms with van der Waals surface area (Å²) in [5.74, 6) is -0.190. The number of nitrogens with one attached hydrogen (secondary N) is 1. The third kappa shape index (κ3) is 3.58. The number of amides is 1. The highest BCUT2D eigenvalue weighted by Crippen LogP contribution is 2.08. The predicted molar refractivity (Wildman–Crippen MR) is 57.7 cm³/mol. The normalized spacial score (nSPS) is 12.1. The number of carbonyl (C=O) groups is 1. The van der Waals surface area contributed by atoms with E-state index in [9.17, 15) is 4.79 Å². The maximum atomic E-state index is 11.6. The molecule has 1 unspecified atom stereocenters. The van der Waals surface area contributed by atoms with Gasteiger partial charge in [0.05, 0.1) is 11.8 Å². The SMILES string of the molecule is CCCC(C)NC(=O)c1cncc(O)c1. The molecule has 82 valence electrons. The fourth-order valence-electron chi connectivity index (χ4n) is 1.36. The van der Waals surface area contributed by atoms with Crippen molar-refractivity contribution in [2.75, 3.05) is 0 Å². The molecule has 0 radical (unpaired) electrons. The lowest BCUT2D eigenvalue weighted by atomic mass is 10.2. The fourth-order valence-corrected chi connectivity index (χ4v) is 1.36. The summed E-state index contributed by atoms with van der Waals surface area (Å²) in [6.07, 6.45) is 4.71. The monoisotopic (exact) mass is 208 g/mol. The molecule has 1 aromatic rings. The van der Waals surface area contributed by atoms with Gasteiger partial charge in [-0.15, -0.1) is 0 Å². The van der Waals surface area contributed by atoms with Crippen molar-refractivity contribution in [1.82, 2.24) is 10.3 Å². The molecule has 0 bridgehead atoms. The highest BCUT2D eigenvalue weighted by molar-refractivity contribution is 5.94. The Bertz CT molecular complexity index is 339. The summed E-state index contributed by atoms with van der Waals surface area (Å²) in [5, 5.41) is 12.0. The minimum atomic E-state index is -0.195. The molecule has 4 nitrogen and oxygen atoms in total. The smallest absolute Gasteiger partial charge is 0.253 e. The van der Waals surface area contributed by atoms with Crippen LogP contribution < -0.4 is 5.32 Å². The maximum absolute atomic E-state index is 11.6. The van der Waals surface area contributed by atoms with Crippen LogP contribution in [0.25, 0.3) is 0 Å². The molecule has 0 aliphatic carbocycles. The highest BCUT2D eigenvalue weighted by Gasteiger charge is 2.09. The van der Waals surface area contributed by atoms with Gasteiger partial charge < -0.3 is 10.4 Å². The van der Waals surface area contributed by atoms with Crippen LogP contribution >= 0.6 is 0 Å². The molecule has 1 rings (SSSR count). The van der Waals surface area contributed by atoms with E-state index in [-0.39, 0.29) is 17.7 Å². The molecule has 0 saturated heterocycles. The molecule has 0 aromatic carbocycles. The molecular formula is C11H16N2O2. The lowest BCUT2D eigenvalue weighted by Gasteiger charge is -2.12. The largest absolute Gasteiger partial charge is 0.506 e. The van der Waals surface area contributed by atoms with Crippen molar-refractivity contribution in [3.63, 3.8) is 0 Å². The van der Waals surface area contributed by atoms with Gasteiger partial charge >= 0.3 is 0 Å². The van der Waals surface area contributed by atoms with E-state index in [0.29, 0.717) is 5.56 Å². The molecular weight excluding hydrogens is 192 g/mol. The molecule has 0 saturated carbocycles. The van der Waals surface area contributed by atoms with Crippen molar-refractivity contribution in [1.29, 1.82) is 0 Å². The molecule has 0 aliphatic rings. The Hall–Kier alpha value is -1.58. The second kappa shape index (κ2) is 5.34. The van der Waals surface area contributed by atoms with Gasteiger partial charge in [0.25, 0.3) is 5.91 Å². The predicted octanol–water partition coefficient (Wildman–Crippen LogP) is 1.71. The van der Waals surface area contributed by atoms with Crippen LogP contribution in [0.2, 0.25) is 0 Å². The molecule has 1 atom stereocenters. The van der Waals surface area contributed by atoms with Crippen molar-refractivity contribution >= 4 is 5.91 Å². The zero-order valence-electron chi connectivity index (χ0n) is 9.03. The van der Waals surface area contributed by atoms with E-state index in [0.717, 1.165) is 12.8 Å². The first-order valence-electron chi connectivity index (χ1n) is 5.08. The van der Waals surface area contributed by atoms with Gasteiger partial charge in [0.2, 0.25) is 0 Å². The molecule has 15 heavy (non-hydrogen) atoms. The first-order chi connectivity index (χ1) is 7.13. The van der Waals surface area contributed by atoms with Gasteiger partial charge in [-0.25, -0.2) is 0 Å². The lowest BCUT2D eigenvalue weighted by Crippen LogP contribution is -2.32. The van der Waals surface area contributed by atoms with E-state index >= 15 is 0 Å². The summed E-state index contributed by atoms with van der Waals surface area (Å²) in [6.45, 7) is 4.02. The maximum Gasteiger partial charge on any atom is 0.253 e. The zero-order valence-corrected chi connectivity index (χ0v) is 9.03. The Morgan fingerprint density at radius 2 is 2.33 bits per heavy atom. The molecule has 4 heteroatoms. The van der Waals surface area contributed by atoms with Gasteiger partial charge in [-0.3, -0.25) is 9.78 Å². The third-order valence-corrected chi connectivity index (χ3v) is 2.09. The second-order valence-electron chi connectivity index (χ2n) is 3.59. The number of hydrogen-bond acceptors (Lipinski definition) is 3. The number of aromatic hydroxyl groups is 1. The molecule has 1 amide bonds. The average molecular weight is 208 g/mol. The summed E-state index contributed by atoms with van der Waals surface area (Å²) in [7, 11) is 0. The van der Waals surface area contributed by atoms with Crippen molar-refractivity contribution in [2.45, 2.75) is 32.7 Å². The molecule has 1 aromatic heterocycles. The Morgan fingerprint density at radius 3 is 2.93 bits per heavy atom. The Labute approximate surface area is 89.3 Å². The van der Waals surface area contributed by atoms with Crippen LogP contribution in [-0.2, 0) is 0 Å². The summed E-state index contributed by atoms with van der Waals surface area (Å²) < 4.78 is 0. The number of hydrogen-bond donors (Lipinski definition) is 2. The third-order valence-electron chi connectivity index (χ3n) is 2.09. The average Bonchev–Trinajstić information content (AvgIpc) is 2.18. The standard InChI is InChI=1S/C11H16N2O2/c1-3-4-8(2)13-11(15)9-5-10(14)7-12-6-9/h5-8,14H,3-4H2,1-2H3,(H,13,15). The van der Waals surface area contributed by atoms with Crippen LogP contribution in [0.1, 0.15) is 37.0 Å². The number of carbonyl (C=O) groups excluding carboxylic acids is 1. The van der Waals surface area contributed by atoms with Gasteiger partial charge in [-0.2, -0.15) is 0 Å². The second-order valence-corrected chi connectivity index (χ2v) is 3.59. The first kappa shape index (κ1) is 11.5. The number of rotatable bonds is 4. The summed E-state index contributed by atoms with van der Waals surface area (Å²) in [4.78, 5) is 15.4. The van der Waals surface area contributed by atoms with E-state index in [2.05, 4.69) is 17.2 Å². The molecule has 1 heterocycles. The van der Waals surface area contributed by atoms with E-state index in [1.807, 2.05) is 6.92 Å². The van der Waals surface area contributed by atoms with E-state index in [1.54, 1.807) is 0 Å². The van der Waals surface area contributed by atoms with Crippen LogP contribution in [0.3, 0.4) is 0 Å². The van der Waals surface area contributed by atoms with Crippen LogP contribution in [0, 0.1) is 0 Å². The van der Waals surface area contributed by atoms with E-state index in [4.69, 9.17) is 5.11 Å². The molecule has 0 aliphatic heterocycles. The summed E-state index contributed by atoms with van der Waals surface area (Å²) in [6, 6.07) is 1.55. The summed E-state index contributed by atoms with van der Waals surface area (Å²) in [5.41, 5.74) is 0.387. The molecule has 0 fully saturated rings. The van der Waals surface area contributed by atoms with Crippen LogP contribution in [0.15, 0.2) is 18.5 Å². The first-order valence-corrected chi connectivity index (χ1v) is 5.08. The van der Waals surface area contributed by atoms with E-state index < -0.39 is 0 Å². The van der Waals surface area contributed by atoms with Crippen molar-refractivity contribution in [3.8, 4) is 5.75 Å². The van der Waals surface area contributed by atoms with Gasteiger partial charge in [-0.05, 0) is 19.4 Å². The van der Waals surface area contributed by atoms with Gasteiger partial charge in [0.15, 0.2) is 0 Å². The van der Waals surface area contributed by atoms with Crippen LogP contribution in [0.4, 0.5) is 0 Å². The molecule has 2 N–H and O–H groups in total. The topological polar surface area (TPSA) is 62.2 Å². The Kier molecular flexibility index (Phi) is 4.09. The highest BCUT2D eigenvalue weighted by atomic mass is 16.3. The summed E-state index contributed by atoms with van der Waals surface area (Å²) >= 11 is 0. The number of pyridine rings is 1.